The Morgan fingerprint density at radius 3 is 2.72 bits per heavy atom. The van der Waals surface area contributed by atoms with Crippen LogP contribution in [0.15, 0.2) is 5.38 Å². The standard InChI is InChI=1S/C12H19N3O2S/c1-8(16)9-7-18-11(13-9)15-6-5-14(4)10(17)12(15,2)3/h7-8,16H,5-6H2,1-4H3. The second kappa shape index (κ2) is 4.51. The Bertz CT molecular complexity index is 456. The molecule has 0 spiro atoms. The highest BCUT2D eigenvalue weighted by atomic mass is 32.1. The molecular weight excluding hydrogens is 250 g/mol. The van der Waals surface area contributed by atoms with Gasteiger partial charge in [0.15, 0.2) is 5.13 Å². The second-order valence-electron chi connectivity index (χ2n) is 5.17. The van der Waals surface area contributed by atoms with Gasteiger partial charge in [-0.05, 0) is 20.8 Å². The lowest BCUT2D eigenvalue weighted by Gasteiger charge is -2.44. The van der Waals surface area contributed by atoms with E-state index in [1.54, 1.807) is 11.8 Å². The average molecular weight is 269 g/mol. The van der Waals surface area contributed by atoms with Crippen molar-refractivity contribution in [1.82, 2.24) is 9.88 Å². The second-order valence-corrected chi connectivity index (χ2v) is 6.00. The van der Waals surface area contributed by atoms with Gasteiger partial charge in [-0.25, -0.2) is 4.98 Å². The maximum atomic E-state index is 12.2. The number of carbonyl (C=O) groups excluding carboxylic acids is 1. The first-order valence-electron chi connectivity index (χ1n) is 6.00. The highest BCUT2D eigenvalue weighted by Gasteiger charge is 2.41. The van der Waals surface area contributed by atoms with E-state index in [1.807, 2.05) is 31.2 Å². The number of likely N-dealkylation sites (N-methyl/N-ethyl adjacent to an activating group) is 1. The number of hydrogen-bond acceptors (Lipinski definition) is 5. The SMILES string of the molecule is CC(O)c1csc(N2CCN(C)C(=O)C2(C)C)n1. The number of anilines is 1. The number of nitrogens with zero attached hydrogens (tertiary/aromatic N) is 3. The van der Waals surface area contributed by atoms with Gasteiger partial charge in [-0.3, -0.25) is 4.79 Å². The molecule has 0 saturated carbocycles. The molecule has 2 heterocycles. The molecule has 0 aromatic carbocycles. The van der Waals surface area contributed by atoms with E-state index in [9.17, 15) is 9.90 Å². The van der Waals surface area contributed by atoms with E-state index in [-0.39, 0.29) is 5.91 Å². The molecule has 0 aliphatic carbocycles. The highest BCUT2D eigenvalue weighted by molar-refractivity contribution is 7.13. The van der Waals surface area contributed by atoms with Crippen molar-refractivity contribution in [3.63, 3.8) is 0 Å². The topological polar surface area (TPSA) is 56.7 Å². The summed E-state index contributed by atoms with van der Waals surface area (Å²) in [7, 11) is 1.82. The number of aromatic nitrogens is 1. The van der Waals surface area contributed by atoms with E-state index in [2.05, 4.69) is 4.98 Å². The Morgan fingerprint density at radius 2 is 2.17 bits per heavy atom. The summed E-state index contributed by atoms with van der Waals surface area (Å²) < 4.78 is 0. The molecule has 1 unspecified atom stereocenters. The molecule has 1 aliphatic heterocycles. The summed E-state index contributed by atoms with van der Waals surface area (Å²) in [4.78, 5) is 20.4. The summed E-state index contributed by atoms with van der Waals surface area (Å²) in [6, 6.07) is 0. The fraction of sp³-hybridized carbons (Fsp3) is 0.667. The maximum Gasteiger partial charge on any atom is 0.247 e. The summed E-state index contributed by atoms with van der Waals surface area (Å²) in [6.45, 7) is 6.98. The van der Waals surface area contributed by atoms with Gasteiger partial charge >= 0.3 is 0 Å². The number of piperazine rings is 1. The molecule has 1 amide bonds. The number of thiazole rings is 1. The molecule has 1 aromatic rings. The molecular formula is C12H19N3O2S. The van der Waals surface area contributed by atoms with Crippen LogP contribution < -0.4 is 4.90 Å². The summed E-state index contributed by atoms with van der Waals surface area (Å²) in [5, 5.41) is 12.2. The summed E-state index contributed by atoms with van der Waals surface area (Å²) in [5.74, 6) is 0.0996. The Hall–Kier alpha value is -1.14. The minimum absolute atomic E-state index is 0.0996. The number of rotatable bonds is 2. The number of aliphatic hydroxyl groups is 1. The van der Waals surface area contributed by atoms with E-state index < -0.39 is 11.6 Å². The normalized spacial score (nSPS) is 21.3. The zero-order valence-electron chi connectivity index (χ0n) is 11.2. The molecule has 1 aliphatic rings. The fourth-order valence-electron chi connectivity index (χ4n) is 2.14. The van der Waals surface area contributed by atoms with Crippen LogP contribution in [0.2, 0.25) is 0 Å². The first-order valence-corrected chi connectivity index (χ1v) is 6.88. The van der Waals surface area contributed by atoms with Gasteiger partial charge in [0, 0.05) is 25.5 Å². The van der Waals surface area contributed by atoms with Crippen molar-refractivity contribution < 1.29 is 9.90 Å². The molecule has 1 N–H and O–H groups in total. The molecule has 0 radical (unpaired) electrons. The smallest absolute Gasteiger partial charge is 0.247 e. The van der Waals surface area contributed by atoms with Crippen LogP contribution >= 0.6 is 11.3 Å². The predicted molar refractivity (Wildman–Crippen MR) is 71.8 cm³/mol. The number of aliphatic hydroxyl groups excluding tert-OH is 1. The van der Waals surface area contributed by atoms with E-state index in [0.29, 0.717) is 12.2 Å². The molecule has 6 heteroatoms. The molecule has 100 valence electrons. The van der Waals surface area contributed by atoms with E-state index >= 15 is 0 Å². The third-order valence-corrected chi connectivity index (χ3v) is 4.25. The zero-order chi connectivity index (χ0) is 13.5. The van der Waals surface area contributed by atoms with Crippen molar-refractivity contribution >= 4 is 22.4 Å². The van der Waals surface area contributed by atoms with Crippen LogP contribution in [0.4, 0.5) is 5.13 Å². The quantitative estimate of drug-likeness (QED) is 0.878. The van der Waals surface area contributed by atoms with Crippen molar-refractivity contribution in [2.75, 3.05) is 25.0 Å². The van der Waals surface area contributed by atoms with Gasteiger partial charge in [0.25, 0.3) is 0 Å². The highest BCUT2D eigenvalue weighted by Crippen LogP contribution is 2.32. The third kappa shape index (κ3) is 2.10. The molecule has 5 nitrogen and oxygen atoms in total. The van der Waals surface area contributed by atoms with Gasteiger partial charge < -0.3 is 14.9 Å². The van der Waals surface area contributed by atoms with Crippen molar-refractivity contribution in [3.8, 4) is 0 Å². The van der Waals surface area contributed by atoms with Crippen LogP contribution in [-0.2, 0) is 4.79 Å². The Kier molecular flexibility index (Phi) is 3.33. The fourth-order valence-corrected chi connectivity index (χ4v) is 3.22. The van der Waals surface area contributed by atoms with Crippen LogP contribution in [0.1, 0.15) is 32.6 Å². The summed E-state index contributed by atoms with van der Waals surface area (Å²) >= 11 is 1.47. The van der Waals surface area contributed by atoms with E-state index in [1.165, 1.54) is 11.3 Å². The van der Waals surface area contributed by atoms with Crippen LogP contribution in [0, 0.1) is 0 Å². The summed E-state index contributed by atoms with van der Waals surface area (Å²) in [5.41, 5.74) is 0.0815. The maximum absolute atomic E-state index is 12.2. The lowest BCUT2D eigenvalue weighted by atomic mass is 9.99. The number of hydrogen-bond donors (Lipinski definition) is 1. The molecule has 1 fully saturated rings. The minimum atomic E-state index is -0.583. The Labute approximate surface area is 111 Å². The Morgan fingerprint density at radius 1 is 1.50 bits per heavy atom. The summed E-state index contributed by atoms with van der Waals surface area (Å²) in [6.07, 6.45) is -0.568. The molecule has 18 heavy (non-hydrogen) atoms. The van der Waals surface area contributed by atoms with Gasteiger partial charge in [0.2, 0.25) is 5.91 Å². The molecule has 2 rings (SSSR count). The van der Waals surface area contributed by atoms with Crippen molar-refractivity contribution in [3.05, 3.63) is 11.1 Å². The van der Waals surface area contributed by atoms with Gasteiger partial charge in [0.1, 0.15) is 5.54 Å². The molecule has 1 aromatic heterocycles. The van der Waals surface area contributed by atoms with Crippen molar-refractivity contribution in [2.24, 2.45) is 0 Å². The third-order valence-electron chi connectivity index (χ3n) is 3.37. The van der Waals surface area contributed by atoms with Crippen LogP contribution in [-0.4, -0.2) is 46.6 Å². The zero-order valence-corrected chi connectivity index (χ0v) is 12.0. The largest absolute Gasteiger partial charge is 0.387 e. The van der Waals surface area contributed by atoms with Gasteiger partial charge in [-0.1, -0.05) is 0 Å². The van der Waals surface area contributed by atoms with Crippen LogP contribution in [0.5, 0.6) is 0 Å². The molecule has 0 bridgehead atoms. The lowest BCUT2D eigenvalue weighted by Crippen LogP contribution is -2.62. The number of carbonyl (C=O) groups is 1. The van der Waals surface area contributed by atoms with Gasteiger partial charge in [-0.2, -0.15) is 0 Å². The van der Waals surface area contributed by atoms with Crippen LogP contribution in [0.25, 0.3) is 0 Å². The first-order chi connectivity index (χ1) is 8.34. The van der Waals surface area contributed by atoms with Gasteiger partial charge in [0.05, 0.1) is 11.8 Å². The van der Waals surface area contributed by atoms with E-state index in [4.69, 9.17) is 0 Å². The van der Waals surface area contributed by atoms with Gasteiger partial charge in [-0.15, -0.1) is 11.3 Å². The number of amides is 1. The lowest BCUT2D eigenvalue weighted by molar-refractivity contribution is -0.136. The molecule has 1 atom stereocenters. The molecule has 1 saturated heterocycles. The predicted octanol–water partition coefficient (Wildman–Crippen LogP) is 1.25. The average Bonchev–Trinajstić information content (AvgIpc) is 2.75. The monoisotopic (exact) mass is 269 g/mol. The van der Waals surface area contributed by atoms with E-state index in [0.717, 1.165) is 11.7 Å². The Balaban J connectivity index is 2.29. The van der Waals surface area contributed by atoms with Crippen LogP contribution in [0.3, 0.4) is 0 Å². The van der Waals surface area contributed by atoms with Crippen molar-refractivity contribution in [1.29, 1.82) is 0 Å². The minimum Gasteiger partial charge on any atom is -0.387 e. The van der Waals surface area contributed by atoms with Crippen molar-refractivity contribution in [2.45, 2.75) is 32.4 Å². The first kappa shape index (κ1) is 13.3.